The van der Waals surface area contributed by atoms with Crippen molar-refractivity contribution in [2.75, 3.05) is 6.61 Å². The molecular weight excluding hydrogens is 572 g/mol. The number of primary amides is 1. The number of rotatable bonds is 7. The van der Waals surface area contributed by atoms with E-state index in [-0.39, 0.29) is 17.7 Å². The van der Waals surface area contributed by atoms with E-state index in [1.54, 1.807) is 49.4 Å². The van der Waals surface area contributed by atoms with E-state index >= 15 is 4.39 Å². The van der Waals surface area contributed by atoms with Gasteiger partial charge < -0.3 is 10.5 Å². The lowest BCUT2D eigenvalue weighted by Gasteiger charge is -2.43. The Bertz CT molecular complexity index is 1370. The Morgan fingerprint density at radius 3 is 2.44 bits per heavy atom. The number of aromatic nitrogens is 1. The van der Waals surface area contributed by atoms with E-state index in [0.29, 0.717) is 38.6 Å². The van der Waals surface area contributed by atoms with Gasteiger partial charge >= 0.3 is 0 Å². The van der Waals surface area contributed by atoms with Crippen molar-refractivity contribution < 1.29 is 18.7 Å². The summed E-state index contributed by atoms with van der Waals surface area (Å²) in [5.74, 6) is -1.58. The highest BCUT2D eigenvalue weighted by Gasteiger charge is 2.59. The molecule has 2 heterocycles. The first kappa shape index (κ1) is 25.1. The highest BCUT2D eigenvalue weighted by Crippen LogP contribution is 2.54. The zero-order valence-electron chi connectivity index (χ0n) is 19.1. The quantitative estimate of drug-likeness (QED) is 0.365. The molecule has 36 heavy (non-hydrogen) atoms. The van der Waals surface area contributed by atoms with Crippen molar-refractivity contribution in [2.45, 2.75) is 31.5 Å². The maximum atomic E-state index is 15.8. The zero-order chi connectivity index (χ0) is 25.8. The summed E-state index contributed by atoms with van der Waals surface area (Å²) in [7, 11) is 0. The molecule has 5 rings (SSSR count). The van der Waals surface area contributed by atoms with Crippen molar-refractivity contribution in [3.05, 3.63) is 97.4 Å². The number of hydrogen-bond acceptors (Lipinski definition) is 4. The molecule has 0 bridgehead atoms. The van der Waals surface area contributed by atoms with Gasteiger partial charge in [-0.05, 0) is 56.2 Å². The molecule has 0 radical (unpaired) electrons. The van der Waals surface area contributed by atoms with E-state index in [1.165, 1.54) is 17.2 Å². The van der Waals surface area contributed by atoms with Gasteiger partial charge in [0.15, 0.2) is 0 Å². The fraction of sp³-hybridized carbons (Fsp3) is 0.269. The summed E-state index contributed by atoms with van der Waals surface area (Å²) in [6.07, 6.45) is 2.59. The fourth-order valence-corrected chi connectivity index (χ4v) is 5.40. The highest BCUT2D eigenvalue weighted by molar-refractivity contribution is 9.10. The number of carbonyl (C=O) groups is 2. The summed E-state index contributed by atoms with van der Waals surface area (Å²) >= 11 is 15.5. The molecule has 1 aliphatic carbocycles. The number of benzene rings is 2. The largest absolute Gasteiger partial charge is 0.369 e. The van der Waals surface area contributed by atoms with E-state index in [0.717, 1.165) is 0 Å². The number of halogens is 4. The van der Waals surface area contributed by atoms with Crippen LogP contribution in [0.15, 0.2) is 59.2 Å². The molecule has 2 aromatic carbocycles. The lowest BCUT2D eigenvalue weighted by Crippen LogP contribution is -2.50. The standard InChI is InChI=1S/C26H21BrCl2FN3O3/c1-14(21-7-6-18(29)12-32-21)33-23(34)19-10-16(27)11-20(30)22(19)26(33,15-2-4-17(28)5-3-15)36-13-25(8-9-25)24(31)35/h2-7,10-12,14H,8-9,13H2,1H3,(H2,31,35)/t14?,26-/m1/s1. The molecule has 10 heteroatoms. The van der Waals surface area contributed by atoms with Crippen LogP contribution in [0.4, 0.5) is 4.39 Å². The molecule has 0 spiro atoms. The Kier molecular flexibility index (Phi) is 6.35. The Morgan fingerprint density at radius 1 is 1.19 bits per heavy atom. The van der Waals surface area contributed by atoms with Crippen LogP contribution in [0.2, 0.25) is 10.0 Å². The Balaban J connectivity index is 1.76. The minimum Gasteiger partial charge on any atom is -0.369 e. The normalized spacial score (nSPS) is 20.8. The SMILES string of the molecule is CC(c1ccc(Cl)cn1)N1C(=O)c2cc(Br)cc(F)c2[C@]1(OCC1(C(N)=O)CC1)c1ccc(Cl)cc1. The van der Waals surface area contributed by atoms with Crippen molar-refractivity contribution >= 4 is 50.9 Å². The van der Waals surface area contributed by atoms with Crippen molar-refractivity contribution in [3.63, 3.8) is 0 Å². The highest BCUT2D eigenvalue weighted by atomic mass is 79.9. The van der Waals surface area contributed by atoms with Gasteiger partial charge in [0, 0.05) is 21.3 Å². The number of fused-ring (bicyclic) bond motifs is 1. The smallest absolute Gasteiger partial charge is 0.257 e. The first-order chi connectivity index (χ1) is 17.1. The predicted octanol–water partition coefficient (Wildman–Crippen LogP) is 5.99. The maximum absolute atomic E-state index is 15.8. The maximum Gasteiger partial charge on any atom is 0.257 e. The lowest BCUT2D eigenvalue weighted by atomic mass is 9.91. The van der Waals surface area contributed by atoms with Crippen LogP contribution in [-0.2, 0) is 15.3 Å². The summed E-state index contributed by atoms with van der Waals surface area (Å²) in [6.45, 7) is 1.69. The van der Waals surface area contributed by atoms with Crippen LogP contribution in [-0.4, -0.2) is 28.3 Å². The topological polar surface area (TPSA) is 85.5 Å². The molecule has 2 aliphatic rings. The predicted molar refractivity (Wildman–Crippen MR) is 137 cm³/mol. The number of amides is 2. The monoisotopic (exact) mass is 591 g/mol. The van der Waals surface area contributed by atoms with Gasteiger partial charge in [-0.3, -0.25) is 19.5 Å². The van der Waals surface area contributed by atoms with Crippen LogP contribution in [0.5, 0.6) is 0 Å². The number of hydrogen-bond donors (Lipinski definition) is 1. The van der Waals surface area contributed by atoms with Crippen molar-refractivity contribution in [3.8, 4) is 0 Å². The zero-order valence-corrected chi connectivity index (χ0v) is 22.2. The molecule has 1 fully saturated rings. The Morgan fingerprint density at radius 2 is 1.86 bits per heavy atom. The van der Waals surface area contributed by atoms with Crippen LogP contribution in [0.1, 0.15) is 53.0 Å². The van der Waals surface area contributed by atoms with Gasteiger partial charge in [-0.1, -0.05) is 51.3 Å². The number of ether oxygens (including phenoxy) is 1. The lowest BCUT2D eigenvalue weighted by molar-refractivity contribution is -0.147. The first-order valence-electron chi connectivity index (χ1n) is 11.2. The average Bonchev–Trinajstić information content (AvgIpc) is 3.59. The molecule has 6 nitrogen and oxygen atoms in total. The summed E-state index contributed by atoms with van der Waals surface area (Å²) < 4.78 is 22.8. The summed E-state index contributed by atoms with van der Waals surface area (Å²) in [5, 5.41) is 0.902. The van der Waals surface area contributed by atoms with E-state index < -0.39 is 34.8 Å². The van der Waals surface area contributed by atoms with Crippen LogP contribution in [0, 0.1) is 11.2 Å². The molecule has 3 aromatic rings. The molecule has 1 aromatic heterocycles. The minimum atomic E-state index is -1.71. The van der Waals surface area contributed by atoms with Gasteiger partial charge in [0.2, 0.25) is 11.6 Å². The van der Waals surface area contributed by atoms with Crippen LogP contribution < -0.4 is 5.73 Å². The van der Waals surface area contributed by atoms with Gasteiger partial charge in [0.05, 0.1) is 39.9 Å². The minimum absolute atomic E-state index is 0.0547. The van der Waals surface area contributed by atoms with Gasteiger partial charge in [0.1, 0.15) is 5.82 Å². The molecule has 186 valence electrons. The van der Waals surface area contributed by atoms with Gasteiger partial charge in [-0.25, -0.2) is 4.39 Å². The van der Waals surface area contributed by atoms with Gasteiger partial charge in [-0.2, -0.15) is 0 Å². The number of pyridine rings is 1. The van der Waals surface area contributed by atoms with E-state index in [9.17, 15) is 9.59 Å². The molecule has 2 N–H and O–H groups in total. The summed E-state index contributed by atoms with van der Waals surface area (Å²) in [4.78, 5) is 32.1. The van der Waals surface area contributed by atoms with Crippen LogP contribution in [0.25, 0.3) is 0 Å². The van der Waals surface area contributed by atoms with E-state index in [4.69, 9.17) is 33.7 Å². The Hall–Kier alpha value is -2.52. The fourth-order valence-electron chi connectivity index (χ4n) is 4.73. The van der Waals surface area contributed by atoms with E-state index in [1.807, 2.05) is 0 Å². The average molecular weight is 593 g/mol. The molecule has 2 amide bonds. The second kappa shape index (κ2) is 9.10. The third-order valence-electron chi connectivity index (χ3n) is 6.92. The van der Waals surface area contributed by atoms with Crippen LogP contribution >= 0.6 is 39.1 Å². The third-order valence-corrected chi connectivity index (χ3v) is 7.85. The molecule has 1 saturated carbocycles. The molecule has 0 saturated heterocycles. The summed E-state index contributed by atoms with van der Waals surface area (Å²) in [6, 6.07) is 12.2. The number of carbonyl (C=O) groups excluding carboxylic acids is 2. The Labute approximate surface area is 225 Å². The molecule has 1 aliphatic heterocycles. The van der Waals surface area contributed by atoms with Crippen molar-refractivity contribution in [2.24, 2.45) is 11.1 Å². The molecule has 2 atom stereocenters. The van der Waals surface area contributed by atoms with Gasteiger partial charge in [0.25, 0.3) is 5.91 Å². The first-order valence-corrected chi connectivity index (χ1v) is 12.8. The number of nitrogens with zero attached hydrogens (tertiary/aromatic N) is 2. The van der Waals surface area contributed by atoms with Crippen LogP contribution in [0.3, 0.4) is 0 Å². The number of nitrogens with two attached hydrogens (primary N) is 1. The third kappa shape index (κ3) is 4.00. The second-order valence-electron chi connectivity index (χ2n) is 9.15. The van der Waals surface area contributed by atoms with Gasteiger partial charge in [-0.15, -0.1) is 0 Å². The van der Waals surface area contributed by atoms with Crippen molar-refractivity contribution in [1.29, 1.82) is 0 Å². The van der Waals surface area contributed by atoms with Crippen molar-refractivity contribution in [1.82, 2.24) is 9.88 Å². The molecular formula is C26H21BrCl2FN3O3. The van der Waals surface area contributed by atoms with E-state index in [2.05, 4.69) is 20.9 Å². The second-order valence-corrected chi connectivity index (χ2v) is 10.9. The summed E-state index contributed by atoms with van der Waals surface area (Å²) in [5.41, 5.74) is 4.28. The molecule has 1 unspecified atom stereocenters.